The van der Waals surface area contributed by atoms with Crippen molar-refractivity contribution in [3.05, 3.63) is 29.5 Å². The summed E-state index contributed by atoms with van der Waals surface area (Å²) in [6, 6.07) is 2.93. The summed E-state index contributed by atoms with van der Waals surface area (Å²) in [5.74, 6) is -0.439. The lowest BCUT2D eigenvalue weighted by Crippen LogP contribution is -2.40. The van der Waals surface area contributed by atoms with E-state index in [-0.39, 0.29) is 6.54 Å². The zero-order valence-electron chi connectivity index (χ0n) is 11.8. The molecule has 0 aliphatic carbocycles. The number of aromatic nitrogens is 2. The van der Waals surface area contributed by atoms with E-state index in [2.05, 4.69) is 4.98 Å². The highest BCUT2D eigenvalue weighted by Gasteiger charge is 2.23. The van der Waals surface area contributed by atoms with Crippen molar-refractivity contribution in [1.29, 1.82) is 0 Å². The average Bonchev–Trinajstić information content (AvgIpc) is 2.65. The molecule has 6 heteroatoms. The molecule has 0 amide bonds. The van der Waals surface area contributed by atoms with E-state index in [0.29, 0.717) is 10.7 Å². The molecule has 0 saturated heterocycles. The summed E-state index contributed by atoms with van der Waals surface area (Å²) in [4.78, 5) is 16.2. The molecular formula is C14H18ClN3O2. The molecule has 1 unspecified atom stereocenters. The van der Waals surface area contributed by atoms with Crippen LogP contribution in [0.15, 0.2) is 24.5 Å². The fourth-order valence-electron chi connectivity index (χ4n) is 1.88. The van der Waals surface area contributed by atoms with E-state index < -0.39 is 17.6 Å². The minimum atomic E-state index is -0.761. The van der Waals surface area contributed by atoms with Crippen molar-refractivity contribution >= 4 is 28.6 Å². The van der Waals surface area contributed by atoms with Gasteiger partial charge in [0.25, 0.3) is 0 Å². The highest BCUT2D eigenvalue weighted by atomic mass is 35.5. The summed E-state index contributed by atoms with van der Waals surface area (Å²) < 4.78 is 7.03. The zero-order valence-corrected chi connectivity index (χ0v) is 12.5. The molecule has 5 nitrogen and oxygen atoms in total. The number of carbonyl (C=O) groups excluding carboxylic acids is 1. The van der Waals surface area contributed by atoms with E-state index in [4.69, 9.17) is 22.1 Å². The fourth-order valence-corrected chi connectivity index (χ4v) is 2.15. The van der Waals surface area contributed by atoms with Crippen molar-refractivity contribution in [2.45, 2.75) is 39.0 Å². The number of nitrogens with zero attached hydrogens (tertiary/aromatic N) is 2. The first kappa shape index (κ1) is 14.8. The van der Waals surface area contributed by atoms with Crippen LogP contribution in [0.1, 0.15) is 20.8 Å². The number of nitrogens with two attached hydrogens (primary N) is 1. The number of fused-ring (bicyclic) bond motifs is 1. The highest BCUT2D eigenvalue weighted by Crippen LogP contribution is 2.24. The Bertz CT molecular complexity index is 631. The van der Waals surface area contributed by atoms with Crippen molar-refractivity contribution in [2.24, 2.45) is 5.73 Å². The normalized spacial score (nSPS) is 13.4. The predicted molar refractivity (Wildman–Crippen MR) is 78.6 cm³/mol. The van der Waals surface area contributed by atoms with Crippen molar-refractivity contribution < 1.29 is 9.53 Å². The minimum Gasteiger partial charge on any atom is -0.459 e. The third-order valence-corrected chi connectivity index (χ3v) is 2.99. The number of rotatable bonds is 3. The largest absolute Gasteiger partial charge is 0.459 e. The van der Waals surface area contributed by atoms with Gasteiger partial charge in [-0.3, -0.25) is 4.79 Å². The van der Waals surface area contributed by atoms with Gasteiger partial charge in [-0.25, -0.2) is 4.98 Å². The van der Waals surface area contributed by atoms with Crippen LogP contribution in [0.2, 0.25) is 5.02 Å². The number of ether oxygens (including phenoxy) is 1. The topological polar surface area (TPSA) is 70.1 Å². The Balaban J connectivity index is 2.18. The first-order valence-corrected chi connectivity index (χ1v) is 6.73. The van der Waals surface area contributed by atoms with Crippen LogP contribution in [0.3, 0.4) is 0 Å². The summed E-state index contributed by atoms with van der Waals surface area (Å²) in [5.41, 5.74) is 6.04. The molecule has 2 heterocycles. The summed E-state index contributed by atoms with van der Waals surface area (Å²) in [6.07, 6.45) is 3.40. The smallest absolute Gasteiger partial charge is 0.325 e. The number of carbonyl (C=O) groups is 1. The Morgan fingerprint density at radius 3 is 2.90 bits per heavy atom. The molecule has 2 aromatic heterocycles. The van der Waals surface area contributed by atoms with Crippen LogP contribution in [-0.2, 0) is 16.1 Å². The van der Waals surface area contributed by atoms with Gasteiger partial charge in [-0.15, -0.1) is 0 Å². The molecule has 0 aromatic carbocycles. The van der Waals surface area contributed by atoms with Crippen molar-refractivity contribution in [3.63, 3.8) is 0 Å². The zero-order chi connectivity index (χ0) is 14.9. The van der Waals surface area contributed by atoms with Gasteiger partial charge in [-0.05, 0) is 32.9 Å². The van der Waals surface area contributed by atoms with Gasteiger partial charge in [0.15, 0.2) is 0 Å². The van der Waals surface area contributed by atoms with Gasteiger partial charge in [0.2, 0.25) is 0 Å². The number of hydrogen-bond donors (Lipinski definition) is 1. The number of pyridine rings is 1. The summed E-state index contributed by atoms with van der Waals surface area (Å²) in [6.45, 7) is 5.69. The SMILES string of the molecule is CC(C)(C)OC(=O)C(N)Cn1cc(Cl)c2cccnc21. The lowest BCUT2D eigenvalue weighted by atomic mass is 10.2. The van der Waals surface area contributed by atoms with Crippen LogP contribution in [0.25, 0.3) is 11.0 Å². The van der Waals surface area contributed by atoms with E-state index >= 15 is 0 Å². The van der Waals surface area contributed by atoms with Crippen LogP contribution in [0, 0.1) is 0 Å². The third-order valence-electron chi connectivity index (χ3n) is 2.69. The monoisotopic (exact) mass is 295 g/mol. The van der Waals surface area contributed by atoms with Gasteiger partial charge >= 0.3 is 5.97 Å². The van der Waals surface area contributed by atoms with Crippen molar-refractivity contribution in [2.75, 3.05) is 0 Å². The molecule has 2 aromatic rings. The fraction of sp³-hybridized carbons (Fsp3) is 0.429. The van der Waals surface area contributed by atoms with Gasteiger partial charge in [0, 0.05) is 17.8 Å². The van der Waals surface area contributed by atoms with Crippen molar-refractivity contribution in [1.82, 2.24) is 9.55 Å². The molecule has 0 fully saturated rings. The standard InChI is InChI=1S/C14H18ClN3O2/c1-14(2,3)20-13(19)11(16)8-18-7-10(15)9-5-4-6-17-12(9)18/h4-7,11H,8,16H2,1-3H3. The summed E-state index contributed by atoms with van der Waals surface area (Å²) in [7, 11) is 0. The summed E-state index contributed by atoms with van der Waals surface area (Å²) in [5, 5.41) is 1.43. The molecule has 1 atom stereocenters. The summed E-state index contributed by atoms with van der Waals surface area (Å²) >= 11 is 6.13. The van der Waals surface area contributed by atoms with E-state index in [0.717, 1.165) is 5.39 Å². The molecule has 108 valence electrons. The molecule has 0 spiro atoms. The van der Waals surface area contributed by atoms with Gasteiger partial charge in [0.1, 0.15) is 17.3 Å². The highest BCUT2D eigenvalue weighted by molar-refractivity contribution is 6.35. The average molecular weight is 296 g/mol. The maximum atomic E-state index is 11.9. The number of halogens is 1. The number of hydrogen-bond acceptors (Lipinski definition) is 4. The lowest BCUT2D eigenvalue weighted by Gasteiger charge is -2.22. The number of esters is 1. The molecule has 0 aliphatic heterocycles. The van der Waals surface area contributed by atoms with Crippen molar-refractivity contribution in [3.8, 4) is 0 Å². The van der Waals surface area contributed by atoms with E-state index in [1.807, 2.05) is 12.1 Å². The molecule has 0 bridgehead atoms. The first-order valence-electron chi connectivity index (χ1n) is 6.36. The quantitative estimate of drug-likeness (QED) is 0.883. The minimum absolute atomic E-state index is 0.273. The second-order valence-corrected chi connectivity index (χ2v) is 6.05. The molecule has 0 saturated carbocycles. The lowest BCUT2D eigenvalue weighted by molar-refractivity contribution is -0.156. The van der Waals surface area contributed by atoms with Gasteiger partial charge in [-0.1, -0.05) is 11.6 Å². The Hall–Kier alpha value is -1.59. The predicted octanol–water partition coefficient (Wildman–Crippen LogP) is 2.36. The second kappa shape index (κ2) is 5.42. The van der Waals surface area contributed by atoms with Crippen LogP contribution in [0.5, 0.6) is 0 Å². The molecule has 2 N–H and O–H groups in total. The second-order valence-electron chi connectivity index (χ2n) is 5.64. The van der Waals surface area contributed by atoms with Crippen LogP contribution in [-0.4, -0.2) is 27.2 Å². The first-order chi connectivity index (χ1) is 9.28. The van der Waals surface area contributed by atoms with Crippen LogP contribution in [0.4, 0.5) is 0 Å². The molecule has 0 radical (unpaired) electrons. The van der Waals surface area contributed by atoms with Crippen LogP contribution >= 0.6 is 11.6 Å². The maximum Gasteiger partial charge on any atom is 0.325 e. The Morgan fingerprint density at radius 2 is 2.25 bits per heavy atom. The molecule has 20 heavy (non-hydrogen) atoms. The Labute approximate surface area is 122 Å². The third kappa shape index (κ3) is 3.29. The van der Waals surface area contributed by atoms with E-state index in [9.17, 15) is 4.79 Å². The van der Waals surface area contributed by atoms with E-state index in [1.165, 1.54) is 0 Å². The van der Waals surface area contributed by atoms with Gasteiger partial charge in [-0.2, -0.15) is 0 Å². The van der Waals surface area contributed by atoms with Crippen LogP contribution < -0.4 is 5.73 Å². The maximum absolute atomic E-state index is 11.9. The molecular weight excluding hydrogens is 278 g/mol. The Morgan fingerprint density at radius 1 is 1.55 bits per heavy atom. The van der Waals surface area contributed by atoms with Gasteiger partial charge in [0.05, 0.1) is 11.6 Å². The Kier molecular flexibility index (Phi) is 4.01. The van der Waals surface area contributed by atoms with E-state index in [1.54, 1.807) is 37.7 Å². The molecule has 2 rings (SSSR count). The van der Waals surface area contributed by atoms with Gasteiger partial charge < -0.3 is 15.0 Å². The molecule has 0 aliphatic rings.